The lowest BCUT2D eigenvalue weighted by Crippen LogP contribution is -2.44. The summed E-state index contributed by atoms with van der Waals surface area (Å²) in [6.07, 6.45) is -0.172. The van der Waals surface area contributed by atoms with Gasteiger partial charge in [0.2, 0.25) is 5.88 Å². The van der Waals surface area contributed by atoms with E-state index in [0.29, 0.717) is 42.5 Å². The van der Waals surface area contributed by atoms with E-state index < -0.39 is 17.6 Å². The third-order valence-corrected chi connectivity index (χ3v) is 6.63. The van der Waals surface area contributed by atoms with Crippen LogP contribution in [0, 0.1) is 11.8 Å². The standard InChI is InChI=1S/C29H28F3N7O2/c1-3-41-27-9-8-26-34-18-24(39(26)36-27)7-4-20-14-22(17-33-16-20)28(40)35-23-6-5-21(25(15-23)29(30,31)32)19-38-12-10-37(2)11-13-38/h5-6,8-9,14-18H,3,10-13,19H2,1-2H3,(H,35,40). The minimum absolute atomic E-state index is 0.0443. The molecular weight excluding hydrogens is 535 g/mol. The Hall–Kier alpha value is -4.47. The van der Waals surface area contributed by atoms with Crippen LogP contribution in [-0.4, -0.2) is 75.1 Å². The molecule has 0 spiro atoms. The number of halogens is 3. The van der Waals surface area contributed by atoms with Crippen molar-refractivity contribution in [2.24, 2.45) is 0 Å². The van der Waals surface area contributed by atoms with Gasteiger partial charge in [0.25, 0.3) is 5.91 Å². The average molecular weight is 564 g/mol. The van der Waals surface area contributed by atoms with Crippen molar-refractivity contribution in [1.82, 2.24) is 29.4 Å². The first-order valence-electron chi connectivity index (χ1n) is 13.1. The monoisotopic (exact) mass is 563 g/mol. The Morgan fingerprint density at radius 2 is 1.85 bits per heavy atom. The fraction of sp³-hybridized carbons (Fsp3) is 0.310. The number of amides is 1. The Bertz CT molecular complexity index is 1620. The minimum atomic E-state index is -4.56. The second-order valence-electron chi connectivity index (χ2n) is 9.63. The Balaban J connectivity index is 1.32. The number of nitrogens with zero attached hydrogens (tertiary/aromatic N) is 6. The van der Waals surface area contributed by atoms with E-state index in [-0.39, 0.29) is 23.4 Å². The molecule has 1 N–H and O–H groups in total. The van der Waals surface area contributed by atoms with E-state index in [9.17, 15) is 18.0 Å². The number of carbonyl (C=O) groups is 1. The number of anilines is 1. The van der Waals surface area contributed by atoms with Crippen LogP contribution in [0.5, 0.6) is 5.88 Å². The third kappa shape index (κ3) is 6.82. The van der Waals surface area contributed by atoms with Crippen molar-refractivity contribution in [3.63, 3.8) is 0 Å². The molecule has 1 saturated heterocycles. The molecule has 12 heteroatoms. The van der Waals surface area contributed by atoms with Gasteiger partial charge in [-0.2, -0.15) is 13.2 Å². The van der Waals surface area contributed by atoms with E-state index in [1.807, 2.05) is 18.9 Å². The normalized spacial score (nSPS) is 14.5. The smallest absolute Gasteiger partial charge is 0.416 e. The fourth-order valence-electron chi connectivity index (χ4n) is 4.44. The molecule has 1 aliphatic rings. The van der Waals surface area contributed by atoms with E-state index in [2.05, 4.69) is 37.1 Å². The van der Waals surface area contributed by atoms with E-state index in [4.69, 9.17) is 4.74 Å². The van der Waals surface area contributed by atoms with Crippen LogP contribution < -0.4 is 10.1 Å². The molecule has 0 radical (unpaired) electrons. The number of aromatic nitrogens is 4. The molecule has 0 aliphatic carbocycles. The topological polar surface area (TPSA) is 87.9 Å². The van der Waals surface area contributed by atoms with Crippen molar-refractivity contribution in [2.75, 3.05) is 45.2 Å². The molecule has 1 aromatic carbocycles. The molecule has 4 aromatic rings. The van der Waals surface area contributed by atoms with Gasteiger partial charge in [0, 0.05) is 62.4 Å². The van der Waals surface area contributed by atoms with Gasteiger partial charge in [0.05, 0.1) is 23.9 Å². The quantitative estimate of drug-likeness (QED) is 0.356. The SMILES string of the molecule is CCOc1ccc2ncc(C#Cc3cncc(C(=O)Nc4ccc(CN5CCN(C)CC5)c(C(F)(F)F)c4)c3)n2n1. The van der Waals surface area contributed by atoms with Crippen LogP contribution in [0.4, 0.5) is 18.9 Å². The number of rotatable bonds is 6. The number of nitrogens with one attached hydrogen (secondary N) is 1. The molecular formula is C29H28F3N7O2. The van der Waals surface area contributed by atoms with Gasteiger partial charge in [-0.25, -0.2) is 9.50 Å². The Morgan fingerprint density at radius 3 is 2.61 bits per heavy atom. The van der Waals surface area contributed by atoms with Crippen molar-refractivity contribution >= 4 is 17.2 Å². The highest BCUT2D eigenvalue weighted by Gasteiger charge is 2.34. The summed E-state index contributed by atoms with van der Waals surface area (Å²) in [5.41, 5.74) is 1.15. The minimum Gasteiger partial charge on any atom is -0.477 e. The maximum atomic E-state index is 13.9. The summed E-state index contributed by atoms with van der Waals surface area (Å²) >= 11 is 0. The zero-order valence-corrected chi connectivity index (χ0v) is 22.6. The van der Waals surface area contributed by atoms with Gasteiger partial charge in [0.1, 0.15) is 5.69 Å². The van der Waals surface area contributed by atoms with Crippen molar-refractivity contribution in [1.29, 1.82) is 0 Å². The van der Waals surface area contributed by atoms with E-state index >= 15 is 0 Å². The molecule has 0 unspecified atom stereocenters. The second-order valence-corrected chi connectivity index (χ2v) is 9.63. The number of benzene rings is 1. The predicted octanol–water partition coefficient (Wildman–Crippen LogP) is 3.94. The van der Waals surface area contributed by atoms with Crippen LogP contribution in [-0.2, 0) is 12.7 Å². The third-order valence-electron chi connectivity index (χ3n) is 6.63. The van der Waals surface area contributed by atoms with Crippen LogP contribution >= 0.6 is 0 Å². The number of fused-ring (bicyclic) bond motifs is 1. The number of piperazine rings is 1. The lowest BCUT2D eigenvalue weighted by molar-refractivity contribution is -0.138. The highest BCUT2D eigenvalue weighted by molar-refractivity contribution is 6.04. The molecule has 41 heavy (non-hydrogen) atoms. The van der Waals surface area contributed by atoms with E-state index in [0.717, 1.165) is 19.2 Å². The molecule has 0 bridgehead atoms. The molecule has 1 aliphatic heterocycles. The van der Waals surface area contributed by atoms with Gasteiger partial charge < -0.3 is 15.0 Å². The number of imidazole rings is 1. The Morgan fingerprint density at radius 1 is 1.05 bits per heavy atom. The summed E-state index contributed by atoms with van der Waals surface area (Å²) < 4.78 is 48.8. The number of pyridine rings is 1. The first-order valence-corrected chi connectivity index (χ1v) is 13.1. The molecule has 9 nitrogen and oxygen atoms in total. The van der Waals surface area contributed by atoms with Gasteiger partial charge in [-0.1, -0.05) is 12.0 Å². The lowest BCUT2D eigenvalue weighted by atomic mass is 10.0. The van der Waals surface area contributed by atoms with Gasteiger partial charge >= 0.3 is 6.18 Å². The van der Waals surface area contributed by atoms with E-state index in [1.54, 1.807) is 22.8 Å². The maximum Gasteiger partial charge on any atom is 0.416 e. The zero-order chi connectivity index (χ0) is 29.0. The molecule has 5 rings (SSSR count). The predicted molar refractivity (Wildman–Crippen MR) is 147 cm³/mol. The summed E-state index contributed by atoms with van der Waals surface area (Å²) in [7, 11) is 1.99. The van der Waals surface area contributed by atoms with E-state index in [1.165, 1.54) is 30.6 Å². The number of likely N-dealkylation sites (N-methyl/N-ethyl adjacent to an activating group) is 1. The molecule has 3 aromatic heterocycles. The maximum absolute atomic E-state index is 13.9. The summed E-state index contributed by atoms with van der Waals surface area (Å²) in [5, 5.41) is 6.92. The molecule has 0 saturated carbocycles. The summed E-state index contributed by atoms with van der Waals surface area (Å²) in [4.78, 5) is 25.4. The number of ether oxygens (including phenoxy) is 1. The van der Waals surface area contributed by atoms with Crippen LogP contribution in [0.1, 0.15) is 39.7 Å². The van der Waals surface area contributed by atoms with Crippen molar-refractivity contribution in [2.45, 2.75) is 19.6 Å². The van der Waals surface area contributed by atoms with Crippen LogP contribution in [0.25, 0.3) is 5.65 Å². The first kappa shape index (κ1) is 28.1. The molecule has 1 amide bonds. The van der Waals surface area contributed by atoms with Gasteiger partial charge in [-0.3, -0.25) is 14.7 Å². The largest absolute Gasteiger partial charge is 0.477 e. The molecule has 0 atom stereocenters. The summed E-state index contributed by atoms with van der Waals surface area (Å²) in [6, 6.07) is 8.90. The number of carbonyl (C=O) groups excluding carboxylic acids is 1. The highest BCUT2D eigenvalue weighted by atomic mass is 19.4. The molecule has 1 fully saturated rings. The Labute approximate surface area is 235 Å². The average Bonchev–Trinajstić information content (AvgIpc) is 3.36. The lowest BCUT2D eigenvalue weighted by Gasteiger charge is -2.33. The van der Waals surface area contributed by atoms with Crippen LogP contribution in [0.15, 0.2) is 55.0 Å². The van der Waals surface area contributed by atoms with Crippen LogP contribution in [0.2, 0.25) is 0 Å². The highest BCUT2D eigenvalue weighted by Crippen LogP contribution is 2.34. The van der Waals surface area contributed by atoms with Crippen molar-refractivity contribution < 1.29 is 22.7 Å². The number of hydrogen-bond acceptors (Lipinski definition) is 7. The van der Waals surface area contributed by atoms with Gasteiger partial charge in [-0.05, 0) is 49.7 Å². The van der Waals surface area contributed by atoms with Gasteiger partial charge in [0.15, 0.2) is 5.65 Å². The molecule has 4 heterocycles. The van der Waals surface area contributed by atoms with Gasteiger partial charge in [-0.15, -0.1) is 5.10 Å². The molecule has 212 valence electrons. The second kappa shape index (κ2) is 12.0. The summed E-state index contributed by atoms with van der Waals surface area (Å²) in [6.45, 7) is 5.51. The zero-order valence-electron chi connectivity index (χ0n) is 22.6. The summed E-state index contributed by atoms with van der Waals surface area (Å²) in [5.74, 6) is 5.74. The number of hydrogen-bond donors (Lipinski definition) is 1. The number of alkyl halides is 3. The fourth-order valence-corrected chi connectivity index (χ4v) is 4.44. The van der Waals surface area contributed by atoms with Crippen LogP contribution in [0.3, 0.4) is 0 Å². The Kier molecular flexibility index (Phi) is 8.19. The van der Waals surface area contributed by atoms with Crippen molar-refractivity contribution in [3.05, 3.63) is 82.9 Å². The first-order chi connectivity index (χ1) is 19.7. The van der Waals surface area contributed by atoms with Crippen molar-refractivity contribution in [3.8, 4) is 17.7 Å².